The van der Waals surface area contributed by atoms with E-state index in [9.17, 15) is 0 Å². The number of aromatic nitrogens is 2. The van der Waals surface area contributed by atoms with E-state index in [2.05, 4.69) is 28.4 Å². The standard InChI is InChI=1S/C13H15N3/c1-8-12(14)13(16-15-8)11-6-5-9-3-2-4-10(9)7-11/h5-7H,2-4,14H2,1H3,(H,15,16). The summed E-state index contributed by atoms with van der Waals surface area (Å²) in [6.07, 6.45) is 3.67. The number of rotatable bonds is 1. The molecule has 0 radical (unpaired) electrons. The van der Waals surface area contributed by atoms with Gasteiger partial charge in [0.1, 0.15) is 5.69 Å². The van der Waals surface area contributed by atoms with Gasteiger partial charge in [0, 0.05) is 5.56 Å². The molecule has 0 atom stereocenters. The summed E-state index contributed by atoms with van der Waals surface area (Å²) < 4.78 is 0. The Morgan fingerprint density at radius 1 is 1.25 bits per heavy atom. The second-order valence-corrected chi connectivity index (χ2v) is 4.45. The number of aromatic amines is 1. The number of nitrogens with two attached hydrogens (primary N) is 1. The minimum absolute atomic E-state index is 0.762. The molecule has 3 nitrogen and oxygen atoms in total. The Morgan fingerprint density at radius 3 is 2.81 bits per heavy atom. The van der Waals surface area contributed by atoms with E-state index in [0.717, 1.165) is 22.6 Å². The van der Waals surface area contributed by atoms with Crippen LogP contribution in [0.3, 0.4) is 0 Å². The maximum absolute atomic E-state index is 5.99. The van der Waals surface area contributed by atoms with Crippen LogP contribution in [0, 0.1) is 6.92 Å². The van der Waals surface area contributed by atoms with Crippen LogP contribution in [0.15, 0.2) is 18.2 Å². The lowest BCUT2D eigenvalue weighted by molar-refractivity contribution is 0.912. The number of anilines is 1. The van der Waals surface area contributed by atoms with Gasteiger partial charge in [-0.05, 0) is 43.4 Å². The molecule has 0 saturated heterocycles. The molecule has 0 spiro atoms. The lowest BCUT2D eigenvalue weighted by Crippen LogP contribution is -1.90. The molecular weight excluding hydrogens is 198 g/mol. The van der Waals surface area contributed by atoms with Crippen LogP contribution in [0.1, 0.15) is 23.2 Å². The van der Waals surface area contributed by atoms with Crippen LogP contribution in [0.5, 0.6) is 0 Å². The molecule has 0 bridgehead atoms. The molecule has 1 aliphatic carbocycles. The fraction of sp³-hybridized carbons (Fsp3) is 0.308. The Balaban J connectivity index is 2.10. The minimum atomic E-state index is 0.762. The number of hydrogen-bond donors (Lipinski definition) is 2. The van der Waals surface area contributed by atoms with Crippen molar-refractivity contribution >= 4 is 5.69 Å². The van der Waals surface area contributed by atoms with E-state index in [-0.39, 0.29) is 0 Å². The van der Waals surface area contributed by atoms with Crippen LogP contribution in [-0.4, -0.2) is 10.2 Å². The minimum Gasteiger partial charge on any atom is -0.395 e. The number of nitrogens with zero attached hydrogens (tertiary/aromatic N) is 1. The maximum Gasteiger partial charge on any atom is 0.115 e. The van der Waals surface area contributed by atoms with Crippen molar-refractivity contribution in [3.8, 4) is 11.3 Å². The predicted octanol–water partition coefficient (Wildman–Crippen LogP) is 2.46. The summed E-state index contributed by atoms with van der Waals surface area (Å²) in [5, 5.41) is 7.19. The molecule has 0 fully saturated rings. The topological polar surface area (TPSA) is 54.7 Å². The van der Waals surface area contributed by atoms with E-state index in [1.807, 2.05) is 6.92 Å². The number of benzene rings is 1. The van der Waals surface area contributed by atoms with E-state index in [1.54, 1.807) is 0 Å². The highest BCUT2D eigenvalue weighted by molar-refractivity contribution is 5.74. The zero-order chi connectivity index (χ0) is 11.1. The molecule has 16 heavy (non-hydrogen) atoms. The molecule has 1 heterocycles. The van der Waals surface area contributed by atoms with E-state index < -0.39 is 0 Å². The average molecular weight is 213 g/mol. The maximum atomic E-state index is 5.99. The van der Waals surface area contributed by atoms with Crippen molar-refractivity contribution in [3.63, 3.8) is 0 Å². The van der Waals surface area contributed by atoms with Gasteiger partial charge in [0.15, 0.2) is 0 Å². The molecule has 0 aliphatic heterocycles. The molecule has 82 valence electrons. The molecule has 0 saturated carbocycles. The monoisotopic (exact) mass is 213 g/mol. The average Bonchev–Trinajstić information content (AvgIpc) is 2.86. The normalized spacial score (nSPS) is 14.1. The van der Waals surface area contributed by atoms with Crippen LogP contribution in [0.25, 0.3) is 11.3 Å². The zero-order valence-electron chi connectivity index (χ0n) is 9.38. The highest BCUT2D eigenvalue weighted by Gasteiger charge is 2.14. The first kappa shape index (κ1) is 9.46. The summed E-state index contributed by atoms with van der Waals surface area (Å²) in [6.45, 7) is 1.94. The number of nitrogen functional groups attached to an aromatic ring is 1. The van der Waals surface area contributed by atoms with Gasteiger partial charge in [-0.1, -0.05) is 12.1 Å². The third-order valence-electron chi connectivity index (χ3n) is 3.37. The molecule has 0 unspecified atom stereocenters. The van der Waals surface area contributed by atoms with Gasteiger partial charge < -0.3 is 5.73 Å². The van der Waals surface area contributed by atoms with Gasteiger partial charge in [-0.2, -0.15) is 5.10 Å². The van der Waals surface area contributed by atoms with Crippen molar-refractivity contribution in [1.82, 2.24) is 10.2 Å². The number of aryl methyl sites for hydroxylation is 3. The lowest BCUT2D eigenvalue weighted by atomic mass is 10.0. The highest BCUT2D eigenvalue weighted by Crippen LogP contribution is 2.30. The second-order valence-electron chi connectivity index (χ2n) is 4.45. The summed E-state index contributed by atoms with van der Waals surface area (Å²) in [7, 11) is 0. The predicted molar refractivity (Wildman–Crippen MR) is 65.2 cm³/mol. The van der Waals surface area contributed by atoms with Crippen molar-refractivity contribution in [2.75, 3.05) is 5.73 Å². The molecule has 2 aromatic rings. The summed E-state index contributed by atoms with van der Waals surface area (Å²) in [5.41, 5.74) is 12.6. The van der Waals surface area contributed by atoms with E-state index in [1.165, 1.54) is 30.4 Å². The number of H-pyrrole nitrogens is 1. The van der Waals surface area contributed by atoms with Crippen molar-refractivity contribution in [1.29, 1.82) is 0 Å². The highest BCUT2D eigenvalue weighted by atomic mass is 15.1. The third-order valence-corrected chi connectivity index (χ3v) is 3.37. The van der Waals surface area contributed by atoms with Gasteiger partial charge in [-0.3, -0.25) is 5.10 Å². The Kier molecular flexibility index (Phi) is 1.99. The van der Waals surface area contributed by atoms with E-state index >= 15 is 0 Å². The molecule has 0 amide bonds. The molecule has 3 heteroatoms. The summed E-state index contributed by atoms with van der Waals surface area (Å²) in [6, 6.07) is 6.56. The second kappa shape index (κ2) is 3.37. The van der Waals surface area contributed by atoms with Gasteiger partial charge in [0.2, 0.25) is 0 Å². The molecule has 3 N–H and O–H groups in total. The smallest absolute Gasteiger partial charge is 0.115 e. The largest absolute Gasteiger partial charge is 0.395 e. The van der Waals surface area contributed by atoms with Crippen molar-refractivity contribution in [2.24, 2.45) is 0 Å². The first-order valence-electron chi connectivity index (χ1n) is 5.68. The van der Waals surface area contributed by atoms with Gasteiger partial charge in [0.05, 0.1) is 11.4 Å². The third kappa shape index (κ3) is 1.32. The Labute approximate surface area is 94.7 Å². The van der Waals surface area contributed by atoms with Crippen molar-refractivity contribution < 1.29 is 0 Å². The van der Waals surface area contributed by atoms with Crippen molar-refractivity contribution in [2.45, 2.75) is 26.2 Å². The van der Waals surface area contributed by atoms with Crippen LogP contribution >= 0.6 is 0 Å². The zero-order valence-corrected chi connectivity index (χ0v) is 9.38. The SMILES string of the molecule is Cc1[nH]nc(-c2ccc3c(c2)CCC3)c1N. The summed E-state index contributed by atoms with van der Waals surface area (Å²) >= 11 is 0. The first-order valence-corrected chi connectivity index (χ1v) is 5.68. The Morgan fingerprint density at radius 2 is 2.06 bits per heavy atom. The van der Waals surface area contributed by atoms with Crippen LogP contribution in [0.2, 0.25) is 0 Å². The Bertz CT molecular complexity index is 540. The van der Waals surface area contributed by atoms with Crippen LogP contribution in [-0.2, 0) is 12.8 Å². The molecule has 1 aromatic heterocycles. The van der Waals surface area contributed by atoms with E-state index in [4.69, 9.17) is 5.73 Å². The summed E-state index contributed by atoms with van der Waals surface area (Å²) in [5.74, 6) is 0. The summed E-state index contributed by atoms with van der Waals surface area (Å²) in [4.78, 5) is 0. The van der Waals surface area contributed by atoms with Gasteiger partial charge >= 0.3 is 0 Å². The molecule has 1 aliphatic rings. The number of hydrogen-bond acceptors (Lipinski definition) is 2. The quantitative estimate of drug-likeness (QED) is 0.764. The lowest BCUT2D eigenvalue weighted by Gasteiger charge is -2.03. The fourth-order valence-corrected chi connectivity index (χ4v) is 2.38. The molecular formula is C13H15N3. The van der Waals surface area contributed by atoms with Crippen LogP contribution < -0.4 is 5.73 Å². The first-order chi connectivity index (χ1) is 7.75. The molecule has 1 aromatic carbocycles. The Hall–Kier alpha value is -1.77. The number of fused-ring (bicyclic) bond motifs is 1. The van der Waals surface area contributed by atoms with Gasteiger partial charge in [-0.15, -0.1) is 0 Å². The number of nitrogens with one attached hydrogen (secondary N) is 1. The van der Waals surface area contributed by atoms with Crippen molar-refractivity contribution in [3.05, 3.63) is 35.0 Å². The van der Waals surface area contributed by atoms with Crippen LogP contribution in [0.4, 0.5) is 5.69 Å². The van der Waals surface area contributed by atoms with Gasteiger partial charge in [-0.25, -0.2) is 0 Å². The van der Waals surface area contributed by atoms with Gasteiger partial charge in [0.25, 0.3) is 0 Å². The fourth-order valence-electron chi connectivity index (χ4n) is 2.38. The van der Waals surface area contributed by atoms with E-state index in [0.29, 0.717) is 0 Å². The molecule has 3 rings (SSSR count).